The van der Waals surface area contributed by atoms with Crippen molar-refractivity contribution in [2.75, 3.05) is 7.05 Å². The first-order chi connectivity index (χ1) is 7.56. The number of rotatable bonds is 5. The minimum Gasteiger partial charge on any atom is -0.406 e. The molecular weight excluding hydrogens is 210 g/mol. The van der Waals surface area contributed by atoms with Crippen molar-refractivity contribution in [1.82, 2.24) is 4.57 Å². The number of hydrogen-bond donors (Lipinski definition) is 0. The molecule has 0 bridgehead atoms. The second-order valence-electron chi connectivity index (χ2n) is 4.85. The summed E-state index contributed by atoms with van der Waals surface area (Å²) in [5.41, 5.74) is 1.38. The van der Waals surface area contributed by atoms with Gasteiger partial charge in [-0.2, -0.15) is 0 Å². The zero-order valence-corrected chi connectivity index (χ0v) is 11.9. The quantitative estimate of drug-likeness (QED) is 0.697. The predicted molar refractivity (Wildman–Crippen MR) is 75.0 cm³/mol. The Kier molecular flexibility index (Phi) is 4.81. The van der Waals surface area contributed by atoms with E-state index in [4.69, 9.17) is 0 Å². The van der Waals surface area contributed by atoms with Crippen molar-refractivity contribution in [2.45, 2.75) is 32.5 Å². The Bertz CT molecular complexity index is 330. The fourth-order valence-electron chi connectivity index (χ4n) is 1.41. The lowest BCUT2D eigenvalue weighted by molar-refractivity contribution is 0.679. The Balaban J connectivity index is 2.49. The second kappa shape index (κ2) is 5.90. The van der Waals surface area contributed by atoms with Crippen LogP contribution in [0.3, 0.4) is 0 Å². The van der Waals surface area contributed by atoms with Crippen molar-refractivity contribution in [1.29, 1.82) is 0 Å². The van der Waals surface area contributed by atoms with Crippen LogP contribution >= 0.6 is 0 Å². The molecule has 2 heteroatoms. The molecule has 0 unspecified atom stereocenters. The molecule has 1 nitrogen and oxygen atoms in total. The Labute approximate surface area is 101 Å². The average molecular weight is 233 g/mol. The van der Waals surface area contributed by atoms with Gasteiger partial charge in [-0.05, 0) is 31.3 Å². The van der Waals surface area contributed by atoms with E-state index < -0.39 is 8.24 Å². The van der Waals surface area contributed by atoms with E-state index in [-0.39, 0.29) is 0 Å². The molecule has 0 saturated carbocycles. The van der Waals surface area contributed by atoms with Crippen LogP contribution in [0.2, 0.25) is 19.1 Å². The molecule has 0 amide bonds. The van der Waals surface area contributed by atoms with Gasteiger partial charge < -0.3 is 4.57 Å². The normalized spacial score (nSPS) is 12.0. The summed E-state index contributed by atoms with van der Waals surface area (Å²) in [6, 6.07) is 11.9. The zero-order valence-electron chi connectivity index (χ0n) is 10.9. The van der Waals surface area contributed by atoms with E-state index in [0.29, 0.717) is 0 Å². The van der Waals surface area contributed by atoms with Crippen LogP contribution in [0.25, 0.3) is 0 Å². The Morgan fingerprint density at radius 1 is 1.19 bits per heavy atom. The summed E-state index contributed by atoms with van der Waals surface area (Å²) < 4.78 is 2.43. The van der Waals surface area contributed by atoms with Gasteiger partial charge in [-0.1, -0.05) is 56.4 Å². The smallest absolute Gasteiger partial charge is 0.149 e. The van der Waals surface area contributed by atoms with E-state index in [1.807, 2.05) is 0 Å². The fraction of sp³-hybridized carbons (Fsp3) is 0.429. The molecule has 0 heterocycles. The van der Waals surface area contributed by atoms with Crippen LogP contribution in [0.4, 0.5) is 0 Å². The van der Waals surface area contributed by atoms with Crippen molar-refractivity contribution < 1.29 is 0 Å². The molecule has 0 radical (unpaired) electrons. The van der Waals surface area contributed by atoms with E-state index in [1.54, 1.807) is 0 Å². The summed E-state index contributed by atoms with van der Waals surface area (Å²) in [6.45, 7) is 7.09. The maximum atomic E-state index is 2.43. The van der Waals surface area contributed by atoms with E-state index in [0.717, 1.165) is 6.42 Å². The van der Waals surface area contributed by atoms with Gasteiger partial charge in [0.2, 0.25) is 0 Å². The largest absolute Gasteiger partial charge is 0.406 e. The number of allylic oxidation sites excluding steroid dienone is 1. The second-order valence-corrected chi connectivity index (χ2v) is 9.89. The first-order valence-electron chi connectivity index (χ1n) is 6.00. The van der Waals surface area contributed by atoms with Crippen LogP contribution in [0.15, 0.2) is 42.6 Å². The van der Waals surface area contributed by atoms with Crippen LogP contribution in [0, 0.1) is 0 Å². The number of benzene rings is 1. The molecule has 1 aromatic carbocycles. The topological polar surface area (TPSA) is 3.24 Å². The lowest BCUT2D eigenvalue weighted by Gasteiger charge is -2.31. The molecule has 16 heavy (non-hydrogen) atoms. The van der Waals surface area contributed by atoms with Gasteiger partial charge in [0.15, 0.2) is 0 Å². The summed E-state index contributed by atoms with van der Waals surface area (Å²) in [6.07, 6.45) is 5.54. The van der Waals surface area contributed by atoms with Gasteiger partial charge in [0.25, 0.3) is 0 Å². The maximum absolute atomic E-state index is 2.43. The summed E-state index contributed by atoms with van der Waals surface area (Å²) in [5, 5.41) is 0. The van der Waals surface area contributed by atoms with Crippen LogP contribution in [0.1, 0.15) is 12.5 Å². The van der Waals surface area contributed by atoms with Crippen molar-refractivity contribution in [2.24, 2.45) is 0 Å². The van der Waals surface area contributed by atoms with Crippen LogP contribution in [0.5, 0.6) is 0 Å². The van der Waals surface area contributed by atoms with Gasteiger partial charge in [-0.3, -0.25) is 0 Å². The molecule has 1 rings (SSSR count). The average Bonchev–Trinajstić information content (AvgIpc) is 2.30. The molecule has 0 aliphatic heterocycles. The highest BCUT2D eigenvalue weighted by Crippen LogP contribution is 2.13. The monoisotopic (exact) mass is 233 g/mol. The van der Waals surface area contributed by atoms with Crippen molar-refractivity contribution in [3.05, 3.63) is 48.2 Å². The molecular formula is C14H23NSi. The molecule has 0 aliphatic carbocycles. The standard InChI is InChI=1S/C14H23NSi/c1-5-16(3,4)15(2)13-9-12-14-10-7-6-8-11-14/h6-11,13H,5,12H2,1-4H3/b13-9+. The maximum Gasteiger partial charge on any atom is 0.149 e. The molecule has 0 aliphatic rings. The van der Waals surface area contributed by atoms with Crippen molar-refractivity contribution in [3.63, 3.8) is 0 Å². The summed E-state index contributed by atoms with van der Waals surface area (Å²) in [4.78, 5) is 0. The highest BCUT2D eigenvalue weighted by molar-refractivity contribution is 6.74. The molecule has 0 atom stereocenters. The minimum absolute atomic E-state index is 1.03. The molecule has 0 saturated heterocycles. The third-order valence-electron chi connectivity index (χ3n) is 3.35. The van der Waals surface area contributed by atoms with Gasteiger partial charge in [0, 0.05) is 0 Å². The fourth-order valence-corrected chi connectivity index (χ4v) is 2.42. The number of nitrogens with zero attached hydrogens (tertiary/aromatic N) is 1. The van der Waals surface area contributed by atoms with E-state index in [2.05, 4.69) is 74.2 Å². The molecule has 0 fully saturated rings. The van der Waals surface area contributed by atoms with Crippen molar-refractivity contribution >= 4 is 8.24 Å². The lowest BCUT2D eigenvalue weighted by Crippen LogP contribution is -2.41. The first-order valence-corrected chi connectivity index (χ1v) is 9.15. The predicted octanol–water partition coefficient (Wildman–Crippen LogP) is 3.90. The first kappa shape index (κ1) is 13.0. The Morgan fingerprint density at radius 2 is 1.81 bits per heavy atom. The zero-order chi connectivity index (χ0) is 12.0. The highest BCUT2D eigenvalue weighted by atomic mass is 28.3. The third kappa shape index (κ3) is 3.85. The van der Waals surface area contributed by atoms with Crippen LogP contribution < -0.4 is 0 Å². The van der Waals surface area contributed by atoms with Gasteiger partial charge in [0.1, 0.15) is 8.24 Å². The molecule has 0 N–H and O–H groups in total. The molecule has 0 aromatic heterocycles. The van der Waals surface area contributed by atoms with E-state index in [9.17, 15) is 0 Å². The SMILES string of the molecule is CC[Si](C)(C)N(C)/C=C/Cc1ccccc1. The summed E-state index contributed by atoms with van der Waals surface area (Å²) in [7, 11) is 1.03. The van der Waals surface area contributed by atoms with E-state index in [1.165, 1.54) is 11.6 Å². The van der Waals surface area contributed by atoms with Gasteiger partial charge in [0.05, 0.1) is 0 Å². The molecule has 88 valence electrons. The van der Waals surface area contributed by atoms with Crippen molar-refractivity contribution in [3.8, 4) is 0 Å². The van der Waals surface area contributed by atoms with E-state index >= 15 is 0 Å². The lowest BCUT2D eigenvalue weighted by atomic mass is 10.1. The molecule has 1 aromatic rings. The van der Waals surface area contributed by atoms with Crippen LogP contribution in [-0.2, 0) is 6.42 Å². The van der Waals surface area contributed by atoms with Gasteiger partial charge in [-0.15, -0.1) is 0 Å². The van der Waals surface area contributed by atoms with Gasteiger partial charge in [-0.25, -0.2) is 0 Å². The third-order valence-corrected chi connectivity index (χ3v) is 7.13. The Morgan fingerprint density at radius 3 is 2.38 bits per heavy atom. The summed E-state index contributed by atoms with van der Waals surface area (Å²) >= 11 is 0. The van der Waals surface area contributed by atoms with Crippen LogP contribution in [-0.4, -0.2) is 19.8 Å². The molecule has 0 spiro atoms. The number of hydrogen-bond acceptors (Lipinski definition) is 1. The van der Waals surface area contributed by atoms with Gasteiger partial charge >= 0.3 is 0 Å². The highest BCUT2D eigenvalue weighted by Gasteiger charge is 2.21. The summed E-state index contributed by atoms with van der Waals surface area (Å²) in [5.74, 6) is 0. The Hall–Kier alpha value is -1.02. The minimum atomic E-state index is -1.17.